The molecule has 0 bridgehead atoms. The van der Waals surface area contributed by atoms with Crippen molar-refractivity contribution in [3.05, 3.63) is 29.3 Å². The lowest BCUT2D eigenvalue weighted by Gasteiger charge is -2.28. The van der Waals surface area contributed by atoms with Gasteiger partial charge in [-0.15, -0.1) is 0 Å². The van der Waals surface area contributed by atoms with Crippen molar-refractivity contribution in [3.8, 4) is 5.75 Å². The monoisotopic (exact) mass is 331 g/mol. The van der Waals surface area contributed by atoms with Gasteiger partial charge in [-0.1, -0.05) is 6.07 Å². The number of ether oxygens (including phenoxy) is 1. The highest BCUT2D eigenvalue weighted by atomic mass is 16.5. The summed E-state index contributed by atoms with van der Waals surface area (Å²) in [6.45, 7) is 10.4. The van der Waals surface area contributed by atoms with Crippen LogP contribution in [0.5, 0.6) is 5.75 Å². The molecule has 1 atom stereocenters. The van der Waals surface area contributed by atoms with E-state index < -0.39 is 0 Å². The van der Waals surface area contributed by atoms with Crippen molar-refractivity contribution in [1.29, 1.82) is 0 Å². The van der Waals surface area contributed by atoms with Crippen LogP contribution in [-0.2, 0) is 13.1 Å². The minimum atomic E-state index is 0.613. The Labute approximate surface area is 147 Å². The molecule has 0 radical (unpaired) electrons. The lowest BCUT2D eigenvalue weighted by atomic mass is 10.1. The molecule has 2 aliphatic rings. The predicted octanol–water partition coefficient (Wildman–Crippen LogP) is 2.82. The standard InChI is InChI=1S/C20H33N3O/c1-17-14-21(2)9-6-12-23(17)15-18-7-8-20(24-3)19(13-18)16-22-10-4-5-11-22/h7-8,13,17H,4-6,9-12,14-16H2,1-3H3/t17-/m1/s1. The number of likely N-dealkylation sites (tertiary alicyclic amines) is 1. The van der Waals surface area contributed by atoms with Gasteiger partial charge in [-0.05, 0) is 70.6 Å². The SMILES string of the molecule is COc1ccc(CN2CCCN(C)C[C@H]2C)cc1CN1CCCC1. The van der Waals surface area contributed by atoms with Crippen LogP contribution in [0.3, 0.4) is 0 Å². The molecular formula is C20H33N3O. The molecule has 24 heavy (non-hydrogen) atoms. The van der Waals surface area contributed by atoms with Crippen LogP contribution >= 0.6 is 0 Å². The lowest BCUT2D eigenvalue weighted by molar-refractivity contribution is 0.194. The highest BCUT2D eigenvalue weighted by molar-refractivity contribution is 5.37. The fourth-order valence-electron chi connectivity index (χ4n) is 4.13. The summed E-state index contributed by atoms with van der Waals surface area (Å²) >= 11 is 0. The van der Waals surface area contributed by atoms with Gasteiger partial charge in [-0.3, -0.25) is 9.80 Å². The molecule has 2 aliphatic heterocycles. The molecule has 3 rings (SSSR count). The summed E-state index contributed by atoms with van der Waals surface area (Å²) in [5.74, 6) is 1.04. The average Bonchev–Trinajstić information content (AvgIpc) is 3.01. The summed E-state index contributed by atoms with van der Waals surface area (Å²) in [6.07, 6.45) is 3.93. The first-order chi connectivity index (χ1) is 11.7. The largest absolute Gasteiger partial charge is 0.496 e. The fraction of sp³-hybridized carbons (Fsp3) is 0.700. The van der Waals surface area contributed by atoms with Crippen molar-refractivity contribution in [1.82, 2.24) is 14.7 Å². The van der Waals surface area contributed by atoms with Crippen molar-refractivity contribution in [2.75, 3.05) is 46.9 Å². The molecule has 0 spiro atoms. The molecule has 1 aromatic carbocycles. The van der Waals surface area contributed by atoms with Crippen molar-refractivity contribution in [2.45, 2.75) is 45.3 Å². The zero-order valence-electron chi connectivity index (χ0n) is 15.6. The van der Waals surface area contributed by atoms with E-state index in [2.05, 4.69) is 46.9 Å². The van der Waals surface area contributed by atoms with E-state index in [-0.39, 0.29) is 0 Å². The summed E-state index contributed by atoms with van der Waals surface area (Å²) in [5, 5.41) is 0. The van der Waals surface area contributed by atoms with E-state index in [1.54, 1.807) is 7.11 Å². The molecule has 2 saturated heterocycles. The molecule has 0 saturated carbocycles. The Bertz CT molecular complexity index is 528. The van der Waals surface area contributed by atoms with Crippen molar-refractivity contribution in [3.63, 3.8) is 0 Å². The van der Waals surface area contributed by atoms with Gasteiger partial charge in [-0.2, -0.15) is 0 Å². The number of hydrogen-bond acceptors (Lipinski definition) is 4. The van der Waals surface area contributed by atoms with Gasteiger partial charge < -0.3 is 9.64 Å². The highest BCUT2D eigenvalue weighted by Crippen LogP contribution is 2.25. The van der Waals surface area contributed by atoms with E-state index in [0.717, 1.165) is 25.4 Å². The molecule has 4 nitrogen and oxygen atoms in total. The molecular weight excluding hydrogens is 298 g/mol. The van der Waals surface area contributed by atoms with Crippen LogP contribution in [0, 0.1) is 0 Å². The molecule has 0 amide bonds. The van der Waals surface area contributed by atoms with Crippen LogP contribution in [0.25, 0.3) is 0 Å². The molecule has 0 aromatic heterocycles. The quantitative estimate of drug-likeness (QED) is 0.826. The predicted molar refractivity (Wildman–Crippen MR) is 99.5 cm³/mol. The Balaban J connectivity index is 1.70. The maximum Gasteiger partial charge on any atom is 0.123 e. The Morgan fingerprint density at radius 2 is 1.83 bits per heavy atom. The first-order valence-electron chi connectivity index (χ1n) is 9.46. The number of nitrogens with zero attached hydrogens (tertiary/aromatic N) is 3. The van der Waals surface area contributed by atoms with Gasteiger partial charge in [-0.25, -0.2) is 0 Å². The second-order valence-corrected chi connectivity index (χ2v) is 7.56. The third kappa shape index (κ3) is 4.50. The Hall–Kier alpha value is -1.10. The Morgan fingerprint density at radius 3 is 2.58 bits per heavy atom. The average molecular weight is 332 g/mol. The Morgan fingerprint density at radius 1 is 1.04 bits per heavy atom. The maximum atomic E-state index is 5.61. The summed E-state index contributed by atoms with van der Waals surface area (Å²) in [6, 6.07) is 7.39. The summed E-state index contributed by atoms with van der Waals surface area (Å²) in [4.78, 5) is 7.63. The van der Waals surface area contributed by atoms with Crippen molar-refractivity contribution >= 4 is 0 Å². The molecule has 0 aliphatic carbocycles. The summed E-state index contributed by atoms with van der Waals surface area (Å²) < 4.78 is 5.61. The number of likely N-dealkylation sites (N-methyl/N-ethyl adjacent to an activating group) is 1. The van der Waals surface area contributed by atoms with Crippen LogP contribution in [-0.4, -0.2) is 67.6 Å². The number of hydrogen-bond donors (Lipinski definition) is 0. The zero-order chi connectivity index (χ0) is 16.9. The van der Waals surface area contributed by atoms with E-state index in [0.29, 0.717) is 6.04 Å². The zero-order valence-corrected chi connectivity index (χ0v) is 15.6. The fourth-order valence-corrected chi connectivity index (χ4v) is 4.13. The van der Waals surface area contributed by atoms with Crippen LogP contribution in [0.2, 0.25) is 0 Å². The van der Waals surface area contributed by atoms with Gasteiger partial charge >= 0.3 is 0 Å². The van der Waals surface area contributed by atoms with Gasteiger partial charge in [0, 0.05) is 37.8 Å². The molecule has 4 heteroatoms. The van der Waals surface area contributed by atoms with Gasteiger partial charge in [0.05, 0.1) is 7.11 Å². The third-order valence-corrected chi connectivity index (χ3v) is 5.51. The molecule has 0 N–H and O–H groups in total. The van der Waals surface area contributed by atoms with E-state index in [1.807, 2.05) is 0 Å². The maximum absolute atomic E-state index is 5.61. The molecule has 2 fully saturated rings. The minimum Gasteiger partial charge on any atom is -0.496 e. The van der Waals surface area contributed by atoms with E-state index in [9.17, 15) is 0 Å². The summed E-state index contributed by atoms with van der Waals surface area (Å²) in [5.41, 5.74) is 2.76. The van der Waals surface area contributed by atoms with Crippen molar-refractivity contribution in [2.24, 2.45) is 0 Å². The van der Waals surface area contributed by atoms with Crippen LogP contribution in [0.15, 0.2) is 18.2 Å². The topological polar surface area (TPSA) is 19.0 Å². The van der Waals surface area contributed by atoms with E-state index in [4.69, 9.17) is 4.74 Å². The third-order valence-electron chi connectivity index (χ3n) is 5.51. The second-order valence-electron chi connectivity index (χ2n) is 7.56. The first kappa shape index (κ1) is 17.7. The van der Waals surface area contributed by atoms with Gasteiger partial charge in [0.2, 0.25) is 0 Å². The van der Waals surface area contributed by atoms with Gasteiger partial charge in [0.25, 0.3) is 0 Å². The Kier molecular flexibility index (Phi) is 6.14. The number of methoxy groups -OCH3 is 1. The molecule has 1 aromatic rings. The number of benzene rings is 1. The van der Waals surface area contributed by atoms with Crippen LogP contribution in [0.4, 0.5) is 0 Å². The highest BCUT2D eigenvalue weighted by Gasteiger charge is 2.20. The number of rotatable bonds is 5. The summed E-state index contributed by atoms with van der Waals surface area (Å²) in [7, 11) is 4.02. The van der Waals surface area contributed by atoms with E-state index in [1.165, 1.54) is 56.6 Å². The second kappa shape index (κ2) is 8.32. The van der Waals surface area contributed by atoms with Crippen molar-refractivity contribution < 1.29 is 4.74 Å². The van der Waals surface area contributed by atoms with Crippen LogP contribution < -0.4 is 4.74 Å². The minimum absolute atomic E-state index is 0.613. The molecule has 0 unspecified atom stereocenters. The molecule has 134 valence electrons. The smallest absolute Gasteiger partial charge is 0.123 e. The first-order valence-corrected chi connectivity index (χ1v) is 9.46. The normalized spacial score (nSPS) is 24.2. The van der Waals surface area contributed by atoms with Crippen LogP contribution in [0.1, 0.15) is 37.3 Å². The van der Waals surface area contributed by atoms with Gasteiger partial charge in [0.15, 0.2) is 0 Å². The van der Waals surface area contributed by atoms with E-state index >= 15 is 0 Å². The molecule has 2 heterocycles. The van der Waals surface area contributed by atoms with Gasteiger partial charge in [0.1, 0.15) is 5.75 Å². The lowest BCUT2D eigenvalue weighted by Crippen LogP contribution is -2.37.